The van der Waals surface area contributed by atoms with E-state index in [2.05, 4.69) is 4.90 Å². The largest absolute Gasteiger partial charge is 0.497 e. The molecule has 32 heavy (non-hydrogen) atoms. The first-order valence-electron chi connectivity index (χ1n) is 10.4. The lowest BCUT2D eigenvalue weighted by Gasteiger charge is -2.51. The van der Waals surface area contributed by atoms with E-state index < -0.39 is 23.4 Å². The number of hydrogen-bond acceptors (Lipinski definition) is 6. The van der Waals surface area contributed by atoms with E-state index in [1.807, 2.05) is 59.5 Å². The van der Waals surface area contributed by atoms with Crippen LogP contribution in [-0.2, 0) is 16.0 Å². The number of carboxylic acid groups (broad SMARTS) is 2. The van der Waals surface area contributed by atoms with E-state index in [0.29, 0.717) is 30.2 Å². The number of piperazine rings is 1. The molecule has 1 saturated heterocycles. The minimum Gasteiger partial charge on any atom is -0.497 e. The van der Waals surface area contributed by atoms with Crippen molar-refractivity contribution < 1.29 is 24.5 Å². The molecular formula is C24H23N3O5. The fraction of sp³-hybridized carbons (Fsp3) is 0.292. The third kappa shape index (κ3) is 2.94. The van der Waals surface area contributed by atoms with E-state index >= 15 is 0 Å². The van der Waals surface area contributed by atoms with Gasteiger partial charge in [-0.2, -0.15) is 0 Å². The Morgan fingerprint density at radius 1 is 1.06 bits per heavy atom. The van der Waals surface area contributed by atoms with Crippen LogP contribution in [0.1, 0.15) is 5.56 Å². The van der Waals surface area contributed by atoms with Crippen molar-refractivity contribution in [3.63, 3.8) is 0 Å². The Kier molecular flexibility index (Phi) is 4.65. The van der Waals surface area contributed by atoms with Gasteiger partial charge in [0.1, 0.15) is 11.6 Å². The maximum Gasteiger partial charge on any atom is 0.323 e. The molecule has 3 heterocycles. The highest BCUT2D eigenvalue weighted by atomic mass is 16.5. The monoisotopic (exact) mass is 433 g/mol. The third-order valence-corrected chi connectivity index (χ3v) is 6.65. The first-order valence-corrected chi connectivity index (χ1v) is 10.4. The molecule has 2 N–H and O–H groups in total. The van der Waals surface area contributed by atoms with E-state index in [9.17, 15) is 19.8 Å². The number of methoxy groups -OCH3 is 1. The Morgan fingerprint density at radius 3 is 2.50 bits per heavy atom. The summed E-state index contributed by atoms with van der Waals surface area (Å²) in [4.78, 5) is 33.8. The van der Waals surface area contributed by atoms with Crippen LogP contribution in [0, 0.1) is 5.41 Å². The van der Waals surface area contributed by atoms with E-state index in [4.69, 9.17) is 9.72 Å². The molecule has 1 unspecified atom stereocenters. The summed E-state index contributed by atoms with van der Waals surface area (Å²) in [6, 6.07) is 16.3. The number of benzene rings is 2. The van der Waals surface area contributed by atoms with Crippen LogP contribution >= 0.6 is 0 Å². The van der Waals surface area contributed by atoms with Crippen LogP contribution in [0.5, 0.6) is 5.75 Å². The number of aromatic nitrogens is 1. The molecule has 1 atom stereocenters. The Morgan fingerprint density at radius 2 is 1.81 bits per heavy atom. The maximum atomic E-state index is 12.5. The summed E-state index contributed by atoms with van der Waals surface area (Å²) in [6.45, 7) is 1.39. The molecule has 164 valence electrons. The summed E-state index contributed by atoms with van der Waals surface area (Å²) < 4.78 is 5.29. The van der Waals surface area contributed by atoms with E-state index in [1.165, 1.54) is 0 Å². The zero-order chi connectivity index (χ0) is 22.5. The minimum atomic E-state index is -1.98. The second-order valence-corrected chi connectivity index (χ2v) is 8.28. The predicted molar refractivity (Wildman–Crippen MR) is 119 cm³/mol. The number of aliphatic carboxylic acids is 2. The van der Waals surface area contributed by atoms with Crippen molar-refractivity contribution in [3.05, 3.63) is 60.2 Å². The summed E-state index contributed by atoms with van der Waals surface area (Å²) >= 11 is 0. The molecule has 1 fully saturated rings. The summed E-state index contributed by atoms with van der Waals surface area (Å²) in [7, 11) is 1.57. The highest BCUT2D eigenvalue weighted by Gasteiger charge is 2.59. The fourth-order valence-corrected chi connectivity index (χ4v) is 4.97. The number of carboxylic acids is 2. The Bertz CT molecular complexity index is 1200. The van der Waals surface area contributed by atoms with Crippen LogP contribution in [0.3, 0.4) is 0 Å². The van der Waals surface area contributed by atoms with Gasteiger partial charge in [0.05, 0.1) is 18.7 Å². The lowest BCUT2D eigenvalue weighted by Crippen LogP contribution is -2.68. The van der Waals surface area contributed by atoms with E-state index in [-0.39, 0.29) is 13.0 Å². The number of hydrogen-bond donors (Lipinski definition) is 2. The van der Waals surface area contributed by atoms with Crippen molar-refractivity contribution in [1.82, 2.24) is 4.98 Å². The topological polar surface area (TPSA) is 103 Å². The van der Waals surface area contributed by atoms with Gasteiger partial charge in [0.25, 0.3) is 0 Å². The molecule has 0 amide bonds. The first-order chi connectivity index (χ1) is 15.4. The predicted octanol–water partition coefficient (Wildman–Crippen LogP) is 2.65. The molecule has 0 spiro atoms. The van der Waals surface area contributed by atoms with Crippen LogP contribution in [0.15, 0.2) is 54.6 Å². The molecular weight excluding hydrogens is 410 g/mol. The van der Waals surface area contributed by atoms with E-state index in [1.54, 1.807) is 7.11 Å². The number of fused-ring (bicyclic) bond motifs is 4. The van der Waals surface area contributed by atoms with Gasteiger partial charge in [0.2, 0.25) is 0 Å². The molecule has 2 aliphatic heterocycles. The van der Waals surface area contributed by atoms with Crippen molar-refractivity contribution in [2.45, 2.75) is 12.5 Å². The molecule has 8 heteroatoms. The van der Waals surface area contributed by atoms with Gasteiger partial charge in [-0.05, 0) is 42.0 Å². The molecule has 8 nitrogen and oxygen atoms in total. The lowest BCUT2D eigenvalue weighted by molar-refractivity contribution is -0.167. The standard InChI is InChI=1S/C24H23N3O5/c1-32-18-7-8-19-15(12-18)11-16-13-24(22(28)29,23(30)31)20-14-26(17-5-3-2-4-6-17)9-10-27(20)21(16)25-19/h2-8,11-12,20H,9-10,13-14H2,1H3,(H,28,29)(H,30,31). The highest BCUT2D eigenvalue weighted by molar-refractivity contribution is 6.01. The maximum absolute atomic E-state index is 12.5. The third-order valence-electron chi connectivity index (χ3n) is 6.65. The van der Waals surface area contributed by atoms with Crippen LogP contribution in [0.2, 0.25) is 0 Å². The zero-order valence-corrected chi connectivity index (χ0v) is 17.6. The van der Waals surface area contributed by atoms with Crippen molar-refractivity contribution in [1.29, 1.82) is 0 Å². The molecule has 0 bridgehead atoms. The quantitative estimate of drug-likeness (QED) is 0.606. The average molecular weight is 433 g/mol. The van der Waals surface area contributed by atoms with Crippen LogP contribution < -0.4 is 14.5 Å². The number of anilines is 2. The minimum absolute atomic E-state index is 0.128. The fourth-order valence-electron chi connectivity index (χ4n) is 4.97. The number of para-hydroxylation sites is 1. The second-order valence-electron chi connectivity index (χ2n) is 8.28. The van der Waals surface area contributed by atoms with Crippen molar-refractivity contribution in [3.8, 4) is 5.75 Å². The molecule has 2 aromatic carbocycles. The molecule has 0 saturated carbocycles. The summed E-state index contributed by atoms with van der Waals surface area (Å²) in [5.74, 6) is -1.33. The average Bonchev–Trinajstić information content (AvgIpc) is 2.81. The number of ether oxygens (including phenoxy) is 1. The molecule has 2 aliphatic rings. The Labute approximate surface area is 184 Å². The highest BCUT2D eigenvalue weighted by Crippen LogP contribution is 2.44. The summed E-state index contributed by atoms with van der Waals surface area (Å²) in [5.41, 5.74) is 0.349. The van der Waals surface area contributed by atoms with Gasteiger partial charge in [-0.15, -0.1) is 0 Å². The van der Waals surface area contributed by atoms with Gasteiger partial charge in [-0.25, -0.2) is 4.98 Å². The van der Waals surface area contributed by atoms with Gasteiger partial charge in [-0.3, -0.25) is 9.59 Å². The van der Waals surface area contributed by atoms with E-state index in [0.717, 1.165) is 16.6 Å². The van der Waals surface area contributed by atoms with Crippen molar-refractivity contribution in [2.75, 3.05) is 36.5 Å². The van der Waals surface area contributed by atoms with Crippen molar-refractivity contribution >= 4 is 34.3 Å². The Balaban J connectivity index is 1.65. The smallest absolute Gasteiger partial charge is 0.323 e. The van der Waals surface area contributed by atoms with Gasteiger partial charge in [-0.1, -0.05) is 18.2 Å². The van der Waals surface area contributed by atoms with Crippen LogP contribution in [0.25, 0.3) is 10.9 Å². The normalized spacial score (nSPS) is 19.2. The second kappa shape index (κ2) is 7.40. The van der Waals surface area contributed by atoms with Gasteiger partial charge >= 0.3 is 11.9 Å². The summed E-state index contributed by atoms with van der Waals surface area (Å²) in [5, 5.41) is 21.2. The van der Waals surface area contributed by atoms with Gasteiger partial charge in [0, 0.05) is 37.1 Å². The lowest BCUT2D eigenvalue weighted by atomic mass is 9.70. The van der Waals surface area contributed by atoms with Crippen molar-refractivity contribution in [2.24, 2.45) is 5.41 Å². The number of rotatable bonds is 4. The van der Waals surface area contributed by atoms with Crippen LogP contribution in [0.4, 0.5) is 11.5 Å². The Hall–Kier alpha value is -3.81. The zero-order valence-electron chi connectivity index (χ0n) is 17.6. The first kappa shape index (κ1) is 20.1. The molecule has 1 aromatic heterocycles. The van der Waals surface area contributed by atoms with Gasteiger partial charge < -0.3 is 24.7 Å². The number of carbonyl (C=O) groups is 2. The van der Waals surface area contributed by atoms with Gasteiger partial charge in [0.15, 0.2) is 5.41 Å². The molecule has 0 radical (unpaired) electrons. The molecule has 5 rings (SSSR count). The number of pyridine rings is 1. The summed E-state index contributed by atoms with van der Waals surface area (Å²) in [6.07, 6.45) is -0.128. The molecule has 0 aliphatic carbocycles. The molecule has 3 aromatic rings. The van der Waals surface area contributed by atoms with Crippen LogP contribution in [-0.4, -0.2) is 59.9 Å². The SMILES string of the molecule is COc1ccc2nc3c(cc2c1)CC(C(=O)O)(C(=O)O)C1CN(c2ccccc2)CCN31. The number of nitrogens with zero attached hydrogens (tertiary/aromatic N) is 3.